The van der Waals surface area contributed by atoms with Gasteiger partial charge in [-0.05, 0) is 61.0 Å². The Labute approximate surface area is 213 Å². The smallest absolute Gasteiger partial charge is 0.272 e. The van der Waals surface area contributed by atoms with E-state index in [0.29, 0.717) is 27.8 Å². The normalized spacial score (nSPS) is 11.2. The summed E-state index contributed by atoms with van der Waals surface area (Å²) in [5.41, 5.74) is 3.32. The molecule has 0 spiro atoms. The lowest BCUT2D eigenvalue weighted by molar-refractivity contribution is -0.113. The summed E-state index contributed by atoms with van der Waals surface area (Å²) in [6, 6.07) is 25.7. The molecule has 0 aliphatic heterocycles. The second-order valence-electron chi connectivity index (χ2n) is 7.76. The average molecular weight is 503 g/mol. The molecule has 3 aromatic carbocycles. The number of carbonyl (C=O) groups excluding carboxylic acids is 2. The van der Waals surface area contributed by atoms with Crippen molar-refractivity contribution in [2.75, 3.05) is 5.32 Å². The number of furan rings is 1. The summed E-state index contributed by atoms with van der Waals surface area (Å²) in [5.74, 6) is 0.318. The number of nitrogens with one attached hydrogen (secondary N) is 2. The first-order valence-corrected chi connectivity index (χ1v) is 12.2. The highest BCUT2D eigenvalue weighted by molar-refractivity contribution is 7.98. The molecule has 7 heteroatoms. The van der Waals surface area contributed by atoms with Crippen LogP contribution >= 0.6 is 23.4 Å². The summed E-state index contributed by atoms with van der Waals surface area (Å²) >= 11 is 7.57. The topological polar surface area (TPSA) is 71.3 Å². The standard InChI is InChI=1S/C28H23ClN2O3S/c1-19-8-12-21(13-9-19)27(32)31-25(17-23-5-4-16-34-23)28(33)30-24-6-2-3-7-26(24)35-18-20-10-14-22(29)15-11-20/h2-17H,18H2,1H3,(H,30,33)(H,31,32)/b25-17-. The van der Waals surface area contributed by atoms with Gasteiger partial charge in [0.05, 0.1) is 12.0 Å². The van der Waals surface area contributed by atoms with Gasteiger partial charge in [-0.15, -0.1) is 11.8 Å². The van der Waals surface area contributed by atoms with Gasteiger partial charge in [-0.1, -0.05) is 53.6 Å². The van der Waals surface area contributed by atoms with Crippen LogP contribution in [0, 0.1) is 6.92 Å². The summed E-state index contributed by atoms with van der Waals surface area (Å²) in [7, 11) is 0. The molecule has 4 aromatic rings. The van der Waals surface area contributed by atoms with Gasteiger partial charge < -0.3 is 15.1 Å². The molecular formula is C28H23ClN2O3S. The third-order valence-electron chi connectivity index (χ3n) is 5.08. The molecule has 0 aliphatic carbocycles. The van der Waals surface area contributed by atoms with Gasteiger partial charge in [0.15, 0.2) is 0 Å². The Kier molecular flexibility index (Phi) is 8.08. The molecule has 1 aromatic heterocycles. The van der Waals surface area contributed by atoms with Crippen LogP contribution in [0.15, 0.2) is 106 Å². The van der Waals surface area contributed by atoms with Crippen LogP contribution in [-0.2, 0) is 10.5 Å². The minimum Gasteiger partial charge on any atom is -0.465 e. The third-order valence-corrected chi connectivity index (χ3v) is 6.48. The number of aryl methyl sites for hydroxylation is 1. The Bertz CT molecular complexity index is 1330. The summed E-state index contributed by atoms with van der Waals surface area (Å²) in [6.45, 7) is 1.94. The van der Waals surface area contributed by atoms with Crippen LogP contribution in [0.2, 0.25) is 5.02 Å². The largest absolute Gasteiger partial charge is 0.465 e. The lowest BCUT2D eigenvalue weighted by Gasteiger charge is -2.14. The second-order valence-corrected chi connectivity index (χ2v) is 9.21. The van der Waals surface area contributed by atoms with Crippen molar-refractivity contribution < 1.29 is 14.0 Å². The van der Waals surface area contributed by atoms with Gasteiger partial charge in [0.1, 0.15) is 11.5 Å². The first kappa shape index (κ1) is 24.4. The Balaban J connectivity index is 1.52. The number of benzene rings is 3. The van der Waals surface area contributed by atoms with Crippen molar-refractivity contribution in [3.05, 3.63) is 124 Å². The van der Waals surface area contributed by atoms with Crippen LogP contribution < -0.4 is 10.6 Å². The quantitative estimate of drug-likeness (QED) is 0.202. The second kappa shape index (κ2) is 11.6. The van der Waals surface area contributed by atoms with Gasteiger partial charge in [0.25, 0.3) is 11.8 Å². The van der Waals surface area contributed by atoms with Crippen LogP contribution in [0.1, 0.15) is 27.2 Å². The molecule has 0 fully saturated rings. The predicted molar refractivity (Wildman–Crippen MR) is 141 cm³/mol. The highest BCUT2D eigenvalue weighted by Crippen LogP contribution is 2.30. The van der Waals surface area contributed by atoms with E-state index in [2.05, 4.69) is 10.6 Å². The maximum Gasteiger partial charge on any atom is 0.272 e. The molecule has 0 unspecified atom stereocenters. The highest BCUT2D eigenvalue weighted by atomic mass is 35.5. The number of halogens is 1. The fourth-order valence-corrected chi connectivity index (χ4v) is 4.29. The molecular weight excluding hydrogens is 480 g/mol. The number of hydrogen-bond acceptors (Lipinski definition) is 4. The van der Waals surface area contributed by atoms with Gasteiger partial charge in [-0.25, -0.2) is 0 Å². The molecule has 0 atom stereocenters. The van der Waals surface area contributed by atoms with E-state index in [1.807, 2.05) is 67.6 Å². The van der Waals surface area contributed by atoms with Crippen molar-refractivity contribution in [3.8, 4) is 0 Å². The number of carbonyl (C=O) groups is 2. The molecule has 0 bridgehead atoms. The van der Waals surface area contributed by atoms with Crippen LogP contribution in [0.3, 0.4) is 0 Å². The molecule has 2 amide bonds. The summed E-state index contributed by atoms with van der Waals surface area (Å²) < 4.78 is 5.37. The van der Waals surface area contributed by atoms with Crippen molar-refractivity contribution in [3.63, 3.8) is 0 Å². The zero-order valence-corrected chi connectivity index (χ0v) is 20.5. The fraction of sp³-hybridized carbons (Fsp3) is 0.0714. The van der Waals surface area contributed by atoms with Crippen LogP contribution in [0.4, 0.5) is 5.69 Å². The molecule has 0 saturated carbocycles. The fourth-order valence-electron chi connectivity index (χ4n) is 3.20. The maximum atomic E-state index is 13.3. The van der Waals surface area contributed by atoms with E-state index in [-0.39, 0.29) is 11.6 Å². The SMILES string of the molecule is Cc1ccc(C(=O)N/C(=C\c2ccco2)C(=O)Nc2ccccc2SCc2ccc(Cl)cc2)cc1. The molecule has 2 N–H and O–H groups in total. The predicted octanol–water partition coefficient (Wildman–Crippen LogP) is 6.94. The Morgan fingerprint density at radius 1 is 0.943 bits per heavy atom. The number of hydrogen-bond donors (Lipinski definition) is 2. The van der Waals surface area contributed by atoms with E-state index in [9.17, 15) is 9.59 Å². The molecule has 0 saturated heterocycles. The van der Waals surface area contributed by atoms with E-state index in [0.717, 1.165) is 16.0 Å². The minimum atomic E-state index is -0.457. The number of thioether (sulfide) groups is 1. The number of para-hydroxylation sites is 1. The van der Waals surface area contributed by atoms with E-state index < -0.39 is 5.91 Å². The van der Waals surface area contributed by atoms with E-state index in [1.165, 1.54) is 12.3 Å². The van der Waals surface area contributed by atoms with Gasteiger partial charge in [-0.2, -0.15) is 0 Å². The highest BCUT2D eigenvalue weighted by Gasteiger charge is 2.17. The van der Waals surface area contributed by atoms with Gasteiger partial charge in [0, 0.05) is 27.3 Å². The summed E-state index contributed by atoms with van der Waals surface area (Å²) in [5, 5.41) is 6.34. The summed E-state index contributed by atoms with van der Waals surface area (Å²) in [4.78, 5) is 27.0. The van der Waals surface area contributed by atoms with Crippen molar-refractivity contribution in [2.24, 2.45) is 0 Å². The van der Waals surface area contributed by atoms with Gasteiger partial charge in [0.2, 0.25) is 0 Å². The van der Waals surface area contributed by atoms with Gasteiger partial charge >= 0.3 is 0 Å². The molecule has 0 radical (unpaired) electrons. The zero-order chi connectivity index (χ0) is 24.6. The van der Waals surface area contributed by atoms with Crippen LogP contribution in [0.25, 0.3) is 6.08 Å². The monoisotopic (exact) mass is 502 g/mol. The van der Waals surface area contributed by atoms with Crippen LogP contribution in [-0.4, -0.2) is 11.8 Å². The number of amides is 2. The lowest BCUT2D eigenvalue weighted by Crippen LogP contribution is -2.30. The first-order valence-electron chi connectivity index (χ1n) is 10.9. The molecule has 1 heterocycles. The van der Waals surface area contributed by atoms with Crippen molar-refractivity contribution in [1.29, 1.82) is 0 Å². The van der Waals surface area contributed by atoms with E-state index in [1.54, 1.807) is 36.0 Å². The Morgan fingerprint density at radius 2 is 1.69 bits per heavy atom. The first-order chi connectivity index (χ1) is 17.0. The lowest BCUT2D eigenvalue weighted by atomic mass is 10.1. The van der Waals surface area contributed by atoms with Crippen molar-refractivity contribution in [1.82, 2.24) is 5.32 Å². The maximum absolute atomic E-state index is 13.3. The molecule has 4 rings (SSSR count). The average Bonchev–Trinajstić information content (AvgIpc) is 3.37. The van der Waals surface area contributed by atoms with Crippen molar-refractivity contribution >= 4 is 46.9 Å². The number of rotatable bonds is 8. The molecule has 35 heavy (non-hydrogen) atoms. The number of anilines is 1. The molecule has 5 nitrogen and oxygen atoms in total. The molecule has 176 valence electrons. The third kappa shape index (κ3) is 6.88. The zero-order valence-electron chi connectivity index (χ0n) is 19.0. The Hall–Kier alpha value is -3.74. The van der Waals surface area contributed by atoms with E-state index in [4.69, 9.17) is 16.0 Å². The minimum absolute atomic E-state index is 0.0722. The summed E-state index contributed by atoms with van der Waals surface area (Å²) in [6.07, 6.45) is 3.01. The van der Waals surface area contributed by atoms with Crippen LogP contribution in [0.5, 0.6) is 0 Å². The van der Waals surface area contributed by atoms with E-state index >= 15 is 0 Å². The Morgan fingerprint density at radius 3 is 2.40 bits per heavy atom. The van der Waals surface area contributed by atoms with Gasteiger partial charge in [-0.3, -0.25) is 9.59 Å². The molecule has 0 aliphatic rings. The van der Waals surface area contributed by atoms with Crippen molar-refractivity contribution in [2.45, 2.75) is 17.6 Å².